The largest absolute Gasteiger partial charge is 0.352 e. The van der Waals surface area contributed by atoms with Gasteiger partial charge in [-0.1, -0.05) is 30.3 Å². The molecule has 2 amide bonds. The highest BCUT2D eigenvalue weighted by atomic mass is 16.2. The monoisotopic (exact) mass is 365 g/mol. The maximum atomic E-state index is 12.1. The van der Waals surface area contributed by atoms with E-state index in [9.17, 15) is 14.4 Å². The second-order valence-electron chi connectivity index (χ2n) is 5.84. The Morgan fingerprint density at radius 2 is 1.70 bits per heavy atom. The number of hydrogen-bond acceptors (Lipinski definition) is 4. The molecule has 138 valence electrons. The smallest absolute Gasteiger partial charge is 0.269 e. The second-order valence-corrected chi connectivity index (χ2v) is 5.84. The van der Waals surface area contributed by atoms with Crippen molar-refractivity contribution in [3.05, 3.63) is 76.3 Å². The van der Waals surface area contributed by atoms with E-state index in [2.05, 4.69) is 25.8 Å². The van der Waals surface area contributed by atoms with Crippen molar-refractivity contribution < 1.29 is 9.59 Å². The van der Waals surface area contributed by atoms with Gasteiger partial charge in [0.05, 0.1) is 11.3 Å². The van der Waals surface area contributed by atoms with Crippen LogP contribution in [0.4, 0.5) is 0 Å². The highest BCUT2D eigenvalue weighted by Crippen LogP contribution is 2.16. The minimum atomic E-state index is -0.279. The molecule has 0 radical (unpaired) electrons. The van der Waals surface area contributed by atoms with Crippen molar-refractivity contribution in [1.29, 1.82) is 0 Å². The molecule has 0 bridgehead atoms. The zero-order chi connectivity index (χ0) is 19.1. The Labute approximate surface area is 155 Å². The number of hydrogen-bond donors (Lipinski definition) is 4. The standard InChI is InChI=1S/C19H19N5O3/c25-17-8-7-14(12-22-17)18(26)20-9-4-10-21-19(27)16-11-15(23-24-16)13-5-2-1-3-6-13/h1-3,5-8,11-12H,4,9-10H2,(H,20,26)(H,21,27)(H,22,25)(H,23,24). The van der Waals surface area contributed by atoms with Gasteiger partial charge in [-0.15, -0.1) is 0 Å². The van der Waals surface area contributed by atoms with E-state index >= 15 is 0 Å². The van der Waals surface area contributed by atoms with Crippen LogP contribution in [0, 0.1) is 0 Å². The molecular weight excluding hydrogens is 346 g/mol. The summed E-state index contributed by atoms with van der Waals surface area (Å²) >= 11 is 0. The van der Waals surface area contributed by atoms with Crippen LogP contribution in [0.5, 0.6) is 0 Å². The van der Waals surface area contributed by atoms with Gasteiger partial charge in [-0.25, -0.2) is 0 Å². The molecule has 8 nitrogen and oxygen atoms in total. The Bertz CT molecular complexity index is 958. The average Bonchev–Trinajstić information content (AvgIpc) is 3.19. The number of aromatic amines is 2. The maximum Gasteiger partial charge on any atom is 0.269 e. The number of carbonyl (C=O) groups is 2. The number of benzene rings is 1. The lowest BCUT2D eigenvalue weighted by molar-refractivity contribution is 0.0948. The number of rotatable bonds is 7. The third-order valence-electron chi connectivity index (χ3n) is 3.86. The molecule has 4 N–H and O–H groups in total. The first-order chi connectivity index (χ1) is 13.1. The molecule has 0 unspecified atom stereocenters. The first-order valence-electron chi connectivity index (χ1n) is 8.49. The van der Waals surface area contributed by atoms with Crippen LogP contribution in [0.1, 0.15) is 27.3 Å². The molecule has 0 aliphatic rings. The van der Waals surface area contributed by atoms with Gasteiger partial charge in [0, 0.05) is 30.9 Å². The molecule has 0 spiro atoms. The van der Waals surface area contributed by atoms with Gasteiger partial charge in [0.1, 0.15) is 5.69 Å². The number of H-pyrrole nitrogens is 2. The third-order valence-corrected chi connectivity index (χ3v) is 3.86. The van der Waals surface area contributed by atoms with Crippen LogP contribution in [-0.2, 0) is 0 Å². The SMILES string of the molecule is O=C(NCCCNC(=O)c1cc(-c2ccccc2)n[nH]1)c1ccc(=O)[nH]c1. The lowest BCUT2D eigenvalue weighted by atomic mass is 10.1. The van der Waals surface area contributed by atoms with E-state index in [-0.39, 0.29) is 17.4 Å². The van der Waals surface area contributed by atoms with Crippen molar-refractivity contribution in [2.45, 2.75) is 6.42 Å². The summed E-state index contributed by atoms with van der Waals surface area (Å²) in [6.07, 6.45) is 1.93. The van der Waals surface area contributed by atoms with Gasteiger partial charge in [-0.05, 0) is 18.6 Å². The van der Waals surface area contributed by atoms with E-state index in [1.54, 1.807) is 6.07 Å². The fraction of sp³-hybridized carbons (Fsp3) is 0.158. The number of pyridine rings is 1. The summed E-state index contributed by atoms with van der Waals surface area (Å²) < 4.78 is 0. The van der Waals surface area contributed by atoms with Crippen molar-refractivity contribution in [3.63, 3.8) is 0 Å². The molecule has 0 saturated heterocycles. The van der Waals surface area contributed by atoms with Crippen LogP contribution in [0.3, 0.4) is 0 Å². The lowest BCUT2D eigenvalue weighted by Gasteiger charge is -2.06. The molecule has 0 saturated carbocycles. The van der Waals surface area contributed by atoms with E-state index < -0.39 is 0 Å². The normalized spacial score (nSPS) is 10.4. The van der Waals surface area contributed by atoms with Gasteiger partial charge in [0.2, 0.25) is 5.56 Å². The molecule has 3 rings (SSSR count). The van der Waals surface area contributed by atoms with Crippen molar-refractivity contribution in [2.24, 2.45) is 0 Å². The number of aromatic nitrogens is 3. The fourth-order valence-electron chi connectivity index (χ4n) is 2.44. The molecule has 0 aliphatic heterocycles. The Morgan fingerprint density at radius 1 is 0.963 bits per heavy atom. The van der Waals surface area contributed by atoms with Crippen molar-refractivity contribution in [3.8, 4) is 11.3 Å². The van der Waals surface area contributed by atoms with Crippen molar-refractivity contribution in [1.82, 2.24) is 25.8 Å². The summed E-state index contributed by atoms with van der Waals surface area (Å²) in [5, 5.41) is 12.4. The number of nitrogens with zero attached hydrogens (tertiary/aromatic N) is 1. The predicted molar refractivity (Wildman–Crippen MR) is 100 cm³/mol. The molecule has 0 fully saturated rings. The number of nitrogens with one attached hydrogen (secondary N) is 4. The minimum Gasteiger partial charge on any atom is -0.352 e. The van der Waals surface area contributed by atoms with Crippen LogP contribution >= 0.6 is 0 Å². The van der Waals surface area contributed by atoms with E-state index in [1.807, 2.05) is 30.3 Å². The number of carbonyl (C=O) groups excluding carboxylic acids is 2. The molecule has 27 heavy (non-hydrogen) atoms. The average molecular weight is 365 g/mol. The van der Waals surface area contributed by atoms with Gasteiger partial charge in [0.15, 0.2) is 0 Å². The minimum absolute atomic E-state index is 0.253. The molecule has 8 heteroatoms. The van der Waals surface area contributed by atoms with Gasteiger partial charge < -0.3 is 15.6 Å². The lowest BCUT2D eigenvalue weighted by Crippen LogP contribution is -2.30. The van der Waals surface area contributed by atoms with Crippen LogP contribution in [-0.4, -0.2) is 40.1 Å². The quantitative estimate of drug-likeness (QED) is 0.472. The first kappa shape index (κ1) is 18.1. The molecule has 1 aromatic carbocycles. The van der Waals surface area contributed by atoms with E-state index in [1.165, 1.54) is 18.3 Å². The van der Waals surface area contributed by atoms with Crippen molar-refractivity contribution in [2.75, 3.05) is 13.1 Å². The summed E-state index contributed by atoms with van der Waals surface area (Å²) in [6, 6.07) is 14.0. The molecule has 0 atom stereocenters. The Kier molecular flexibility index (Phi) is 5.78. The van der Waals surface area contributed by atoms with Crippen LogP contribution in [0.15, 0.2) is 59.5 Å². The summed E-state index contributed by atoms with van der Waals surface area (Å²) in [4.78, 5) is 37.4. The van der Waals surface area contributed by atoms with E-state index in [0.717, 1.165) is 5.56 Å². The molecular formula is C19H19N5O3. The summed E-state index contributed by atoms with van der Waals surface area (Å²) in [6.45, 7) is 0.806. The molecule has 0 aliphatic carbocycles. The zero-order valence-corrected chi connectivity index (χ0v) is 14.5. The van der Waals surface area contributed by atoms with Crippen LogP contribution in [0.25, 0.3) is 11.3 Å². The Balaban J connectivity index is 1.41. The zero-order valence-electron chi connectivity index (χ0n) is 14.5. The van der Waals surface area contributed by atoms with Crippen LogP contribution in [0.2, 0.25) is 0 Å². The van der Waals surface area contributed by atoms with Gasteiger partial charge >= 0.3 is 0 Å². The maximum absolute atomic E-state index is 12.1. The Hall–Kier alpha value is -3.68. The Morgan fingerprint density at radius 3 is 2.41 bits per heavy atom. The van der Waals surface area contributed by atoms with Crippen LogP contribution < -0.4 is 16.2 Å². The van der Waals surface area contributed by atoms with Gasteiger partial charge in [-0.2, -0.15) is 5.10 Å². The molecule has 2 heterocycles. The highest BCUT2D eigenvalue weighted by molar-refractivity contribution is 5.94. The van der Waals surface area contributed by atoms with Gasteiger partial charge in [-0.3, -0.25) is 19.5 Å². The topological polar surface area (TPSA) is 120 Å². The molecule has 3 aromatic rings. The van der Waals surface area contributed by atoms with E-state index in [0.29, 0.717) is 36.5 Å². The summed E-state index contributed by atoms with van der Waals surface area (Å²) in [5.74, 6) is -0.532. The van der Waals surface area contributed by atoms with E-state index in [4.69, 9.17) is 0 Å². The summed E-state index contributed by atoms with van der Waals surface area (Å²) in [5.41, 5.74) is 2.13. The van der Waals surface area contributed by atoms with Crippen molar-refractivity contribution >= 4 is 11.8 Å². The second kappa shape index (κ2) is 8.61. The summed E-state index contributed by atoms with van der Waals surface area (Å²) in [7, 11) is 0. The van der Waals surface area contributed by atoms with Gasteiger partial charge in [0.25, 0.3) is 11.8 Å². The number of amides is 2. The molecule has 2 aromatic heterocycles. The highest BCUT2D eigenvalue weighted by Gasteiger charge is 2.10. The first-order valence-corrected chi connectivity index (χ1v) is 8.49. The fourth-order valence-corrected chi connectivity index (χ4v) is 2.44. The predicted octanol–water partition coefficient (Wildman–Crippen LogP) is 1.31. The third kappa shape index (κ3) is 4.91.